The van der Waals surface area contributed by atoms with Crippen LogP contribution in [0.2, 0.25) is 0 Å². The topological polar surface area (TPSA) is 35.5 Å². The van der Waals surface area contributed by atoms with Crippen molar-refractivity contribution in [1.29, 1.82) is 0 Å². The third kappa shape index (κ3) is 3.44. The molecule has 1 aliphatic rings. The molecular formula is C13H28N2O. The molecule has 0 spiro atoms. The van der Waals surface area contributed by atoms with E-state index < -0.39 is 0 Å². The molecule has 0 radical (unpaired) electrons. The van der Waals surface area contributed by atoms with Crippen molar-refractivity contribution in [2.75, 3.05) is 32.8 Å². The lowest BCUT2D eigenvalue weighted by Gasteiger charge is -2.42. The van der Waals surface area contributed by atoms with E-state index in [1.165, 1.54) is 6.42 Å². The molecule has 0 aromatic heterocycles. The van der Waals surface area contributed by atoms with Crippen LogP contribution in [-0.2, 0) is 0 Å². The average molecular weight is 228 g/mol. The maximum absolute atomic E-state index is 9.82. The number of hydrogen-bond donors (Lipinski definition) is 2. The molecule has 96 valence electrons. The summed E-state index contributed by atoms with van der Waals surface area (Å²) in [6.45, 7) is 9.15. The van der Waals surface area contributed by atoms with Gasteiger partial charge in [0.05, 0.1) is 6.61 Å². The van der Waals surface area contributed by atoms with Crippen molar-refractivity contribution in [3.63, 3.8) is 0 Å². The van der Waals surface area contributed by atoms with Crippen LogP contribution >= 0.6 is 0 Å². The van der Waals surface area contributed by atoms with Crippen LogP contribution < -0.4 is 5.32 Å². The summed E-state index contributed by atoms with van der Waals surface area (Å²) in [5.41, 5.74) is 0.0511. The smallest absolute Gasteiger partial charge is 0.0615 e. The molecule has 16 heavy (non-hydrogen) atoms. The van der Waals surface area contributed by atoms with Crippen LogP contribution in [0.4, 0.5) is 0 Å². The Morgan fingerprint density at radius 3 is 2.38 bits per heavy atom. The van der Waals surface area contributed by atoms with E-state index in [9.17, 15) is 5.11 Å². The van der Waals surface area contributed by atoms with Crippen molar-refractivity contribution < 1.29 is 5.11 Å². The van der Waals surface area contributed by atoms with E-state index >= 15 is 0 Å². The second kappa shape index (κ2) is 7.25. The van der Waals surface area contributed by atoms with Gasteiger partial charge in [-0.05, 0) is 25.8 Å². The molecule has 0 bridgehead atoms. The largest absolute Gasteiger partial charge is 0.394 e. The van der Waals surface area contributed by atoms with Gasteiger partial charge in [0.15, 0.2) is 0 Å². The molecule has 0 unspecified atom stereocenters. The van der Waals surface area contributed by atoms with Gasteiger partial charge >= 0.3 is 0 Å². The van der Waals surface area contributed by atoms with Gasteiger partial charge in [-0.25, -0.2) is 0 Å². The van der Waals surface area contributed by atoms with E-state index in [2.05, 4.69) is 24.1 Å². The molecule has 1 fully saturated rings. The van der Waals surface area contributed by atoms with Gasteiger partial charge < -0.3 is 10.4 Å². The summed E-state index contributed by atoms with van der Waals surface area (Å²) in [7, 11) is 0. The number of aliphatic hydroxyl groups is 1. The minimum Gasteiger partial charge on any atom is -0.394 e. The summed E-state index contributed by atoms with van der Waals surface area (Å²) in [5, 5.41) is 13.3. The van der Waals surface area contributed by atoms with Gasteiger partial charge in [0.25, 0.3) is 0 Å². The highest BCUT2D eigenvalue weighted by Crippen LogP contribution is 2.27. The van der Waals surface area contributed by atoms with E-state index in [1.807, 2.05) is 0 Å². The van der Waals surface area contributed by atoms with Gasteiger partial charge in [0.2, 0.25) is 0 Å². The molecular weight excluding hydrogens is 200 g/mol. The number of nitrogens with zero attached hydrogens (tertiary/aromatic N) is 1. The Morgan fingerprint density at radius 1 is 1.12 bits per heavy atom. The molecule has 1 aliphatic heterocycles. The van der Waals surface area contributed by atoms with Crippen LogP contribution in [0.5, 0.6) is 0 Å². The number of nitrogens with one attached hydrogen (secondary N) is 1. The first-order chi connectivity index (χ1) is 7.79. The average Bonchev–Trinajstić information content (AvgIpc) is 2.57. The summed E-state index contributed by atoms with van der Waals surface area (Å²) < 4.78 is 0. The van der Waals surface area contributed by atoms with Gasteiger partial charge in [-0.3, -0.25) is 4.90 Å². The van der Waals surface area contributed by atoms with Gasteiger partial charge in [-0.1, -0.05) is 26.7 Å². The van der Waals surface area contributed by atoms with Crippen LogP contribution in [0.3, 0.4) is 0 Å². The highest BCUT2D eigenvalue weighted by molar-refractivity contribution is 4.90. The lowest BCUT2D eigenvalue weighted by Crippen LogP contribution is -2.52. The molecule has 1 heterocycles. The quantitative estimate of drug-likeness (QED) is 0.725. The van der Waals surface area contributed by atoms with Gasteiger partial charge in [0, 0.05) is 25.2 Å². The third-order valence-electron chi connectivity index (χ3n) is 3.74. The van der Waals surface area contributed by atoms with E-state index in [0.29, 0.717) is 6.61 Å². The van der Waals surface area contributed by atoms with Crippen LogP contribution in [0, 0.1) is 0 Å². The van der Waals surface area contributed by atoms with Crippen LogP contribution in [0.1, 0.15) is 46.0 Å². The first-order valence-corrected chi connectivity index (χ1v) is 6.85. The predicted molar refractivity (Wildman–Crippen MR) is 68.7 cm³/mol. The van der Waals surface area contributed by atoms with E-state index in [0.717, 1.165) is 51.9 Å². The zero-order chi connectivity index (χ0) is 11.9. The first-order valence-electron chi connectivity index (χ1n) is 6.85. The zero-order valence-corrected chi connectivity index (χ0v) is 11.0. The second-order valence-corrected chi connectivity index (χ2v) is 4.97. The van der Waals surface area contributed by atoms with Crippen LogP contribution in [0.25, 0.3) is 0 Å². The third-order valence-corrected chi connectivity index (χ3v) is 3.74. The van der Waals surface area contributed by atoms with E-state index in [4.69, 9.17) is 0 Å². The number of aliphatic hydroxyl groups excluding tert-OH is 1. The number of rotatable bonds is 6. The fraction of sp³-hybridized carbons (Fsp3) is 1.00. The summed E-state index contributed by atoms with van der Waals surface area (Å²) >= 11 is 0. The Kier molecular flexibility index (Phi) is 6.32. The molecule has 0 aromatic carbocycles. The Labute approximate surface area is 100 Å². The Hall–Kier alpha value is -0.120. The van der Waals surface area contributed by atoms with Gasteiger partial charge in [-0.2, -0.15) is 0 Å². The zero-order valence-electron chi connectivity index (χ0n) is 11.0. The lowest BCUT2D eigenvalue weighted by molar-refractivity contribution is 0.0183. The minimum atomic E-state index is 0.0511. The summed E-state index contributed by atoms with van der Waals surface area (Å²) in [5.74, 6) is 0. The van der Waals surface area contributed by atoms with Crippen molar-refractivity contribution in [3.8, 4) is 0 Å². The highest BCUT2D eigenvalue weighted by atomic mass is 16.3. The lowest BCUT2D eigenvalue weighted by atomic mass is 9.87. The first kappa shape index (κ1) is 13.9. The molecule has 0 aromatic rings. The van der Waals surface area contributed by atoms with Gasteiger partial charge in [0.1, 0.15) is 0 Å². The van der Waals surface area contributed by atoms with Gasteiger partial charge in [-0.15, -0.1) is 0 Å². The molecule has 1 rings (SSSR count). The van der Waals surface area contributed by atoms with E-state index in [1.54, 1.807) is 0 Å². The Bertz CT molecular complexity index is 171. The molecule has 3 heteroatoms. The normalized spacial score (nSPS) is 19.7. The summed E-state index contributed by atoms with van der Waals surface area (Å²) in [4.78, 5) is 2.53. The summed E-state index contributed by atoms with van der Waals surface area (Å²) in [6.07, 6.45) is 5.76. The second-order valence-electron chi connectivity index (χ2n) is 4.97. The predicted octanol–water partition coefficient (Wildman–Crippen LogP) is 1.61. The van der Waals surface area contributed by atoms with Crippen LogP contribution in [-0.4, -0.2) is 48.3 Å². The minimum absolute atomic E-state index is 0.0511. The highest BCUT2D eigenvalue weighted by Gasteiger charge is 2.34. The van der Waals surface area contributed by atoms with Crippen molar-refractivity contribution >= 4 is 0 Å². The van der Waals surface area contributed by atoms with E-state index in [-0.39, 0.29) is 5.54 Å². The SMILES string of the molecule is CCCC(CO)(CCC)N1CCCNCC1. The summed E-state index contributed by atoms with van der Waals surface area (Å²) in [6, 6.07) is 0. The van der Waals surface area contributed by atoms with Crippen molar-refractivity contribution in [1.82, 2.24) is 10.2 Å². The Morgan fingerprint density at radius 2 is 1.81 bits per heavy atom. The Balaban J connectivity index is 2.70. The van der Waals surface area contributed by atoms with Crippen molar-refractivity contribution in [3.05, 3.63) is 0 Å². The molecule has 1 saturated heterocycles. The molecule has 0 saturated carbocycles. The molecule has 0 aliphatic carbocycles. The van der Waals surface area contributed by atoms with Crippen LogP contribution in [0.15, 0.2) is 0 Å². The standard InChI is InChI=1S/C13H28N2O/c1-3-6-13(12-16,7-4-2)15-10-5-8-14-9-11-15/h14,16H,3-12H2,1-2H3. The molecule has 0 atom stereocenters. The fourth-order valence-electron chi connectivity index (χ4n) is 2.95. The maximum Gasteiger partial charge on any atom is 0.0615 e. The fourth-order valence-corrected chi connectivity index (χ4v) is 2.95. The number of hydrogen-bond acceptors (Lipinski definition) is 3. The molecule has 0 amide bonds. The monoisotopic (exact) mass is 228 g/mol. The molecule has 3 nitrogen and oxygen atoms in total. The van der Waals surface area contributed by atoms with Crippen molar-refractivity contribution in [2.45, 2.75) is 51.5 Å². The molecule has 2 N–H and O–H groups in total. The maximum atomic E-state index is 9.82. The van der Waals surface area contributed by atoms with Crippen molar-refractivity contribution in [2.24, 2.45) is 0 Å².